The average molecular weight is 267 g/mol. The summed E-state index contributed by atoms with van der Waals surface area (Å²) in [5.41, 5.74) is -1.19. The van der Waals surface area contributed by atoms with Crippen molar-refractivity contribution in [2.75, 3.05) is 0 Å². The molecule has 100 valence electrons. The molecule has 0 aliphatic carbocycles. The third-order valence-electron chi connectivity index (χ3n) is 3.54. The molecule has 4 rings (SSSR count). The second-order valence-corrected chi connectivity index (χ2v) is 4.62. The molecule has 2 aliphatic rings. The number of rotatable bonds is 0. The van der Waals surface area contributed by atoms with Crippen molar-refractivity contribution in [2.24, 2.45) is 0 Å². The van der Waals surface area contributed by atoms with Crippen LogP contribution in [0.2, 0.25) is 0 Å². The predicted molar refractivity (Wildman–Crippen MR) is 58.3 cm³/mol. The summed E-state index contributed by atoms with van der Waals surface area (Å²) in [5.74, 6) is 0. The van der Waals surface area contributed by atoms with Crippen molar-refractivity contribution in [1.82, 2.24) is 24.5 Å². The van der Waals surface area contributed by atoms with Crippen LogP contribution in [-0.4, -0.2) is 53.1 Å². The lowest BCUT2D eigenvalue weighted by Crippen LogP contribution is -2.40. The minimum atomic E-state index is -1.25. The van der Waals surface area contributed by atoms with E-state index < -0.39 is 35.8 Å². The van der Waals surface area contributed by atoms with Crippen LogP contribution in [0.25, 0.3) is 11.2 Å². The number of H-pyrrole nitrogens is 1. The van der Waals surface area contributed by atoms with E-state index >= 15 is 0 Å². The third kappa shape index (κ3) is 1.20. The fraction of sp³-hybridized carbons (Fsp3) is 0.556. The number of aromatic amines is 1. The van der Waals surface area contributed by atoms with Gasteiger partial charge >= 0.3 is 5.69 Å². The zero-order valence-corrected chi connectivity index (χ0v) is 9.42. The first-order valence-corrected chi connectivity index (χ1v) is 5.67. The van der Waals surface area contributed by atoms with Gasteiger partial charge in [-0.25, -0.2) is 14.0 Å². The Kier molecular flexibility index (Phi) is 1.88. The summed E-state index contributed by atoms with van der Waals surface area (Å²) in [7, 11) is 0. The summed E-state index contributed by atoms with van der Waals surface area (Å²) >= 11 is 0. The van der Waals surface area contributed by atoms with Crippen molar-refractivity contribution in [1.29, 1.82) is 0 Å². The van der Waals surface area contributed by atoms with E-state index in [2.05, 4.69) is 15.3 Å². The molecule has 19 heavy (non-hydrogen) atoms. The lowest BCUT2D eigenvalue weighted by Gasteiger charge is -2.18. The van der Waals surface area contributed by atoms with Crippen LogP contribution in [0.15, 0.2) is 9.59 Å². The number of aliphatic hydroxyl groups is 2. The lowest BCUT2D eigenvalue weighted by atomic mass is 10.1. The molecule has 0 aromatic carbocycles. The second kappa shape index (κ2) is 3.29. The highest BCUT2D eigenvalue weighted by Crippen LogP contribution is 2.33. The number of hydrogen-bond acceptors (Lipinski definition) is 7. The van der Waals surface area contributed by atoms with Gasteiger partial charge in [0.15, 0.2) is 17.4 Å². The first kappa shape index (κ1) is 10.8. The molecule has 1 saturated heterocycles. The van der Waals surface area contributed by atoms with E-state index in [0.717, 1.165) is 4.57 Å². The van der Waals surface area contributed by atoms with Crippen molar-refractivity contribution in [3.63, 3.8) is 0 Å². The fourth-order valence-electron chi connectivity index (χ4n) is 2.63. The molecule has 2 aliphatic heterocycles. The molecule has 10 heteroatoms. The smallest absolute Gasteiger partial charge is 0.332 e. The van der Waals surface area contributed by atoms with E-state index in [1.807, 2.05) is 0 Å². The van der Waals surface area contributed by atoms with E-state index in [-0.39, 0.29) is 17.7 Å². The molecule has 1 fully saturated rings. The van der Waals surface area contributed by atoms with E-state index in [4.69, 9.17) is 4.74 Å². The molecule has 0 radical (unpaired) electrons. The molecule has 2 aromatic heterocycles. The maximum absolute atomic E-state index is 11.9. The van der Waals surface area contributed by atoms with Crippen molar-refractivity contribution >= 4 is 11.2 Å². The van der Waals surface area contributed by atoms with Gasteiger partial charge in [-0.15, -0.1) is 5.10 Å². The number of aromatic nitrogens is 5. The lowest BCUT2D eigenvalue weighted by molar-refractivity contribution is -0.0358. The Bertz CT molecular complexity index is 790. The van der Waals surface area contributed by atoms with E-state index in [0.29, 0.717) is 0 Å². The highest BCUT2D eigenvalue weighted by Gasteiger charge is 2.47. The maximum Gasteiger partial charge on any atom is 0.332 e. The Hall–Kier alpha value is -2.04. The first-order valence-electron chi connectivity index (χ1n) is 5.67. The maximum atomic E-state index is 11.9. The minimum absolute atomic E-state index is 0.00237. The summed E-state index contributed by atoms with van der Waals surface area (Å²) in [5, 5.41) is 27.2. The average Bonchev–Trinajstić information content (AvgIpc) is 2.82. The van der Waals surface area contributed by atoms with Gasteiger partial charge in [0.05, 0.1) is 6.54 Å². The first-order chi connectivity index (χ1) is 9.08. The molecule has 0 unspecified atom stereocenters. The van der Waals surface area contributed by atoms with Gasteiger partial charge in [-0.05, 0) is 0 Å². The number of fused-ring (bicyclic) bond motifs is 3. The predicted octanol–water partition coefficient (Wildman–Crippen LogP) is -3.09. The molecule has 0 spiro atoms. The highest BCUT2D eigenvalue weighted by molar-refractivity contribution is 5.68. The Morgan fingerprint density at radius 3 is 2.89 bits per heavy atom. The zero-order chi connectivity index (χ0) is 13.3. The quantitative estimate of drug-likeness (QED) is 0.460. The van der Waals surface area contributed by atoms with Gasteiger partial charge in [0, 0.05) is 0 Å². The highest BCUT2D eigenvalue weighted by atomic mass is 16.6. The summed E-state index contributed by atoms with van der Waals surface area (Å²) in [6.07, 6.45) is -4.15. The third-order valence-corrected chi connectivity index (χ3v) is 3.54. The van der Waals surface area contributed by atoms with Gasteiger partial charge in [-0.2, -0.15) is 0 Å². The summed E-state index contributed by atoms with van der Waals surface area (Å²) in [4.78, 5) is 25.6. The van der Waals surface area contributed by atoms with E-state index in [9.17, 15) is 19.8 Å². The molecular weight excluding hydrogens is 258 g/mol. The summed E-state index contributed by atoms with van der Waals surface area (Å²) < 4.78 is 7.84. The molecule has 0 saturated carbocycles. The Morgan fingerprint density at radius 1 is 1.32 bits per heavy atom. The van der Waals surface area contributed by atoms with E-state index in [1.165, 1.54) is 4.68 Å². The summed E-state index contributed by atoms with van der Waals surface area (Å²) in [6.45, 7) is 0.105. The molecule has 2 bridgehead atoms. The Labute approximate surface area is 103 Å². The SMILES string of the molecule is O=c1[nH]c(=O)n2c3c1nnn3C[C@@H]1O[C@@H]2[C@@H](O)[C@H]1O. The van der Waals surface area contributed by atoms with Crippen LogP contribution < -0.4 is 11.2 Å². The van der Waals surface area contributed by atoms with Crippen LogP contribution >= 0.6 is 0 Å². The minimum Gasteiger partial charge on any atom is -0.387 e. The van der Waals surface area contributed by atoms with Gasteiger partial charge in [0.1, 0.15) is 18.3 Å². The molecule has 4 atom stereocenters. The van der Waals surface area contributed by atoms with E-state index in [1.54, 1.807) is 0 Å². The number of hydrogen-bond donors (Lipinski definition) is 3. The monoisotopic (exact) mass is 267 g/mol. The zero-order valence-electron chi connectivity index (χ0n) is 9.42. The van der Waals surface area contributed by atoms with Crippen molar-refractivity contribution in [2.45, 2.75) is 31.1 Å². The van der Waals surface area contributed by atoms with Crippen LogP contribution in [0.1, 0.15) is 6.23 Å². The largest absolute Gasteiger partial charge is 0.387 e. The Balaban J connectivity index is 2.14. The number of ether oxygens (including phenoxy) is 1. The van der Waals surface area contributed by atoms with Gasteiger partial charge in [0.2, 0.25) is 0 Å². The molecule has 2 aromatic rings. The molecule has 10 nitrogen and oxygen atoms in total. The fourth-order valence-corrected chi connectivity index (χ4v) is 2.63. The number of aliphatic hydroxyl groups excluding tert-OH is 2. The van der Waals surface area contributed by atoms with Gasteiger partial charge in [0.25, 0.3) is 5.56 Å². The normalized spacial score (nSPS) is 32.7. The summed E-state index contributed by atoms with van der Waals surface area (Å²) in [6, 6.07) is 0. The standard InChI is InChI=1S/C9H9N5O5/c15-4-2-1-13-7-3(11-12-13)6(17)10-9(18)14(7)8(19-2)5(4)16/h2,4-5,8,15-16H,1H2,(H,10,17,18)/t2-,4-,5-,8+/m0/s1. The van der Waals surface area contributed by atoms with Crippen molar-refractivity contribution in [3.05, 3.63) is 20.8 Å². The molecular formula is C9H9N5O5. The topological polar surface area (TPSA) is 135 Å². The van der Waals surface area contributed by atoms with Crippen LogP contribution in [0.5, 0.6) is 0 Å². The van der Waals surface area contributed by atoms with Gasteiger partial charge in [-0.3, -0.25) is 9.78 Å². The van der Waals surface area contributed by atoms with Crippen molar-refractivity contribution in [3.8, 4) is 0 Å². The number of nitrogens with zero attached hydrogens (tertiary/aromatic N) is 4. The van der Waals surface area contributed by atoms with Crippen LogP contribution in [0.3, 0.4) is 0 Å². The van der Waals surface area contributed by atoms with Gasteiger partial charge < -0.3 is 14.9 Å². The number of nitrogens with one attached hydrogen (secondary N) is 1. The van der Waals surface area contributed by atoms with Crippen LogP contribution in [-0.2, 0) is 11.3 Å². The molecule has 3 N–H and O–H groups in total. The molecule has 4 heterocycles. The second-order valence-electron chi connectivity index (χ2n) is 4.62. The van der Waals surface area contributed by atoms with Crippen LogP contribution in [0, 0.1) is 0 Å². The van der Waals surface area contributed by atoms with Crippen LogP contribution in [0.4, 0.5) is 0 Å². The Morgan fingerprint density at radius 2 is 2.11 bits per heavy atom. The van der Waals surface area contributed by atoms with Crippen molar-refractivity contribution < 1.29 is 14.9 Å². The van der Waals surface area contributed by atoms with Gasteiger partial charge in [-0.1, -0.05) is 5.21 Å². The molecule has 0 amide bonds.